The maximum Gasteiger partial charge on any atom is 0.371 e. The van der Waals surface area contributed by atoms with Crippen LogP contribution in [0.15, 0.2) is 20.0 Å². The van der Waals surface area contributed by atoms with E-state index in [0.29, 0.717) is 6.42 Å². The summed E-state index contributed by atoms with van der Waals surface area (Å²) in [6, 6.07) is 0.555. The summed E-state index contributed by atoms with van der Waals surface area (Å²) in [5.41, 5.74) is 0. The van der Waals surface area contributed by atoms with Crippen LogP contribution in [0.2, 0.25) is 0 Å². The fraction of sp³-hybridized carbons (Fsp3) is 0.500. The van der Waals surface area contributed by atoms with Gasteiger partial charge < -0.3 is 14.3 Å². The van der Waals surface area contributed by atoms with Gasteiger partial charge in [-0.3, -0.25) is 0 Å². The normalized spacial score (nSPS) is 13.4. The van der Waals surface area contributed by atoms with Crippen molar-refractivity contribution >= 4 is 31.9 Å². The van der Waals surface area contributed by atoms with Crippen molar-refractivity contribution in [2.75, 3.05) is 13.7 Å². The summed E-state index contributed by atoms with van der Waals surface area (Å²) in [5.74, 6) is -1.79. The van der Waals surface area contributed by atoms with E-state index < -0.39 is 27.8 Å². The number of carbonyl (C=O) groups is 1. The molecular weight excluding hydrogens is 342 g/mol. The zero-order chi connectivity index (χ0) is 14.6. The number of halogens is 1. The summed E-state index contributed by atoms with van der Waals surface area (Å²) in [7, 11) is -2.41. The third kappa shape index (κ3) is 4.03. The molecule has 0 radical (unpaired) electrons. The minimum absolute atomic E-state index is 0.148. The Kier molecular flexibility index (Phi) is 5.53. The van der Waals surface area contributed by atoms with Crippen molar-refractivity contribution in [1.82, 2.24) is 4.72 Å². The second-order valence-corrected chi connectivity index (χ2v) is 6.14. The molecule has 0 spiro atoms. The van der Waals surface area contributed by atoms with Gasteiger partial charge in [-0.2, -0.15) is 0 Å². The molecule has 1 unspecified atom stereocenters. The van der Waals surface area contributed by atoms with Crippen molar-refractivity contribution in [2.24, 2.45) is 0 Å². The predicted molar refractivity (Wildman–Crippen MR) is 69.6 cm³/mol. The van der Waals surface area contributed by atoms with Gasteiger partial charge in [0.15, 0.2) is 4.67 Å². The van der Waals surface area contributed by atoms with Crippen molar-refractivity contribution in [3.63, 3.8) is 0 Å². The molecule has 0 fully saturated rings. The molecule has 7 nitrogen and oxygen atoms in total. The molecule has 0 aliphatic heterocycles. The first-order valence-electron chi connectivity index (χ1n) is 5.35. The summed E-state index contributed by atoms with van der Waals surface area (Å²) in [6.45, 7) is 2.02. The molecule has 0 saturated heterocycles. The first kappa shape index (κ1) is 16.2. The quantitative estimate of drug-likeness (QED) is 0.766. The van der Waals surface area contributed by atoms with Crippen LogP contribution in [0.3, 0.4) is 0 Å². The average Bonchev–Trinajstić information content (AvgIpc) is 2.71. The fourth-order valence-corrected chi connectivity index (χ4v) is 3.60. The van der Waals surface area contributed by atoms with Gasteiger partial charge >= 0.3 is 5.97 Å². The maximum absolute atomic E-state index is 12.1. The Labute approximate surface area is 119 Å². The Morgan fingerprint density at radius 3 is 2.68 bits per heavy atom. The van der Waals surface area contributed by atoms with E-state index in [9.17, 15) is 13.2 Å². The minimum atomic E-state index is -3.87. The first-order chi connectivity index (χ1) is 8.81. The van der Waals surface area contributed by atoms with E-state index in [1.165, 1.54) is 7.11 Å². The van der Waals surface area contributed by atoms with Crippen molar-refractivity contribution in [2.45, 2.75) is 24.3 Å². The molecule has 1 aromatic rings. The molecule has 0 aromatic carbocycles. The van der Waals surface area contributed by atoms with E-state index >= 15 is 0 Å². The number of aromatic carboxylic acids is 1. The van der Waals surface area contributed by atoms with E-state index in [-0.39, 0.29) is 16.2 Å². The fourth-order valence-electron chi connectivity index (χ4n) is 1.36. The highest BCUT2D eigenvalue weighted by Crippen LogP contribution is 2.26. The highest BCUT2D eigenvalue weighted by Gasteiger charge is 2.26. The lowest BCUT2D eigenvalue weighted by Crippen LogP contribution is -2.37. The molecule has 0 saturated carbocycles. The SMILES string of the molecule is CCC(COC)NS(=O)(=O)c1cc(C(=O)O)oc1Br. The van der Waals surface area contributed by atoms with Crippen molar-refractivity contribution in [1.29, 1.82) is 0 Å². The van der Waals surface area contributed by atoms with Gasteiger partial charge in [-0.1, -0.05) is 6.92 Å². The third-order valence-corrected chi connectivity index (χ3v) is 4.72. The van der Waals surface area contributed by atoms with Crippen molar-refractivity contribution in [3.05, 3.63) is 16.5 Å². The number of furan rings is 1. The van der Waals surface area contributed by atoms with Crippen LogP contribution in [-0.2, 0) is 14.8 Å². The van der Waals surface area contributed by atoms with E-state index in [2.05, 4.69) is 20.7 Å². The molecular formula is C10H14BrNO6S. The summed E-state index contributed by atoms with van der Waals surface area (Å²) in [4.78, 5) is 10.5. The molecule has 9 heteroatoms. The summed E-state index contributed by atoms with van der Waals surface area (Å²) in [5, 5.41) is 8.75. The number of hydrogen-bond donors (Lipinski definition) is 2. The lowest BCUT2D eigenvalue weighted by molar-refractivity contribution is 0.0661. The van der Waals surface area contributed by atoms with Crippen LogP contribution >= 0.6 is 15.9 Å². The van der Waals surface area contributed by atoms with Gasteiger partial charge in [0.05, 0.1) is 6.61 Å². The van der Waals surface area contributed by atoms with Gasteiger partial charge in [0, 0.05) is 19.2 Å². The smallest absolute Gasteiger partial charge is 0.371 e. The lowest BCUT2D eigenvalue weighted by atomic mass is 10.3. The Hall–Kier alpha value is -0.900. The van der Waals surface area contributed by atoms with Crippen molar-refractivity contribution < 1.29 is 27.5 Å². The Bertz CT molecular complexity index is 552. The van der Waals surface area contributed by atoms with Crippen LogP contribution in [0.5, 0.6) is 0 Å². The molecule has 0 amide bonds. The highest BCUT2D eigenvalue weighted by atomic mass is 79.9. The van der Waals surface area contributed by atoms with E-state index in [1.54, 1.807) is 6.92 Å². The van der Waals surface area contributed by atoms with Crippen LogP contribution in [-0.4, -0.2) is 39.3 Å². The lowest BCUT2D eigenvalue weighted by Gasteiger charge is -2.15. The van der Waals surface area contributed by atoms with Gasteiger partial charge in [0.1, 0.15) is 4.90 Å². The molecule has 0 bridgehead atoms. The molecule has 1 atom stereocenters. The predicted octanol–water partition coefficient (Wildman–Crippen LogP) is 1.44. The Morgan fingerprint density at radius 1 is 1.63 bits per heavy atom. The number of hydrogen-bond acceptors (Lipinski definition) is 5. The summed E-state index contributed by atoms with van der Waals surface area (Å²) in [6.07, 6.45) is 0.536. The summed E-state index contributed by atoms with van der Waals surface area (Å²) >= 11 is 2.89. The number of sulfonamides is 1. The molecule has 1 aromatic heterocycles. The van der Waals surface area contributed by atoms with Crippen molar-refractivity contribution in [3.8, 4) is 0 Å². The number of ether oxygens (including phenoxy) is 1. The van der Waals surface area contributed by atoms with E-state index in [4.69, 9.17) is 14.3 Å². The molecule has 0 aliphatic carbocycles. The third-order valence-electron chi connectivity index (χ3n) is 2.34. The van der Waals surface area contributed by atoms with Crippen LogP contribution in [0, 0.1) is 0 Å². The molecule has 0 aliphatic rings. The topological polar surface area (TPSA) is 106 Å². The summed E-state index contributed by atoms with van der Waals surface area (Å²) < 4.78 is 36.1. The average molecular weight is 356 g/mol. The standard InChI is InChI=1S/C10H14BrNO6S/c1-3-6(5-17-2)12-19(15,16)8-4-7(10(13)14)18-9(8)11/h4,6,12H,3,5H2,1-2H3,(H,13,14). The molecule has 1 heterocycles. The maximum atomic E-state index is 12.1. The number of rotatable bonds is 7. The number of nitrogens with one attached hydrogen (secondary N) is 1. The number of methoxy groups -OCH3 is 1. The van der Waals surface area contributed by atoms with Gasteiger partial charge in [0.25, 0.3) is 0 Å². The molecule has 108 valence electrons. The first-order valence-corrected chi connectivity index (χ1v) is 7.63. The largest absolute Gasteiger partial charge is 0.475 e. The molecule has 2 N–H and O–H groups in total. The molecule has 1 rings (SSSR count). The zero-order valence-electron chi connectivity index (χ0n) is 10.3. The second-order valence-electron chi connectivity index (χ2n) is 3.74. The van der Waals surface area contributed by atoms with Gasteiger partial charge in [-0.15, -0.1) is 0 Å². The van der Waals surface area contributed by atoms with E-state index in [0.717, 1.165) is 6.07 Å². The van der Waals surface area contributed by atoms with Gasteiger partial charge in [-0.25, -0.2) is 17.9 Å². The minimum Gasteiger partial charge on any atom is -0.475 e. The zero-order valence-corrected chi connectivity index (χ0v) is 12.7. The van der Waals surface area contributed by atoms with E-state index in [1.807, 2.05) is 0 Å². The monoisotopic (exact) mass is 355 g/mol. The Morgan fingerprint density at radius 2 is 2.26 bits per heavy atom. The number of carboxylic acids is 1. The van der Waals surface area contributed by atoms with Crippen LogP contribution in [0.4, 0.5) is 0 Å². The van der Waals surface area contributed by atoms with Gasteiger partial charge in [-0.05, 0) is 22.4 Å². The highest BCUT2D eigenvalue weighted by molar-refractivity contribution is 9.10. The molecule has 19 heavy (non-hydrogen) atoms. The Balaban J connectivity index is 3.03. The van der Waals surface area contributed by atoms with Crippen LogP contribution in [0.1, 0.15) is 23.9 Å². The van der Waals surface area contributed by atoms with Crippen LogP contribution in [0.25, 0.3) is 0 Å². The van der Waals surface area contributed by atoms with Crippen LogP contribution < -0.4 is 4.72 Å². The van der Waals surface area contributed by atoms with Gasteiger partial charge in [0.2, 0.25) is 15.8 Å². The number of carboxylic acid groups (broad SMARTS) is 1. The second kappa shape index (κ2) is 6.51.